The van der Waals surface area contributed by atoms with Gasteiger partial charge in [-0.2, -0.15) is 0 Å². The Balaban J connectivity index is 0.991. The molecule has 0 unspecified atom stereocenters. The van der Waals surface area contributed by atoms with Crippen molar-refractivity contribution in [1.82, 2.24) is 0 Å². The van der Waals surface area contributed by atoms with Crippen LogP contribution in [0.1, 0.15) is 44.5 Å². The molecule has 0 fully saturated rings. The highest BCUT2D eigenvalue weighted by atomic mass is 16.5. The summed E-state index contributed by atoms with van der Waals surface area (Å²) >= 11 is 0. The number of rotatable bonds is 4. The molecule has 2 aliphatic carbocycles. The third kappa shape index (κ3) is 4.55. The summed E-state index contributed by atoms with van der Waals surface area (Å²) in [6.45, 7) is 0. The Kier molecular flexibility index (Phi) is 7.21. The quantitative estimate of drug-likeness (QED) is 0.173. The molecule has 13 rings (SSSR count). The van der Waals surface area contributed by atoms with Gasteiger partial charge in [0.15, 0.2) is 0 Å². The average Bonchev–Trinajstić information content (AvgIpc) is 3.80. The maximum absolute atomic E-state index is 6.91. The molecule has 10 aromatic carbocycles. The van der Waals surface area contributed by atoms with Crippen molar-refractivity contribution in [2.75, 3.05) is 0 Å². The van der Waals surface area contributed by atoms with Crippen LogP contribution in [0.25, 0.3) is 55.3 Å². The second kappa shape index (κ2) is 12.9. The van der Waals surface area contributed by atoms with E-state index in [0.717, 1.165) is 28.2 Å². The van der Waals surface area contributed by atoms with E-state index in [4.69, 9.17) is 4.74 Å². The Labute approximate surface area is 355 Å². The predicted molar refractivity (Wildman–Crippen MR) is 250 cm³/mol. The Hall–Kier alpha value is -7.74. The predicted octanol–water partition coefficient (Wildman–Crippen LogP) is 15.0. The maximum atomic E-state index is 6.91. The Bertz CT molecular complexity index is 3290. The number of para-hydroxylation sites is 1. The highest BCUT2D eigenvalue weighted by Crippen LogP contribution is 2.63. The summed E-state index contributed by atoms with van der Waals surface area (Å²) in [4.78, 5) is 0. The lowest BCUT2D eigenvalue weighted by Gasteiger charge is -2.41. The monoisotopic (exact) mass is 774 g/mol. The molecule has 0 radical (unpaired) electrons. The molecule has 1 heterocycles. The summed E-state index contributed by atoms with van der Waals surface area (Å²) in [6, 6.07) is 85.0. The van der Waals surface area contributed by atoms with Gasteiger partial charge in [0.1, 0.15) is 11.5 Å². The Morgan fingerprint density at radius 1 is 0.246 bits per heavy atom. The summed E-state index contributed by atoms with van der Waals surface area (Å²) in [5, 5.41) is 2.44. The van der Waals surface area contributed by atoms with Crippen LogP contribution in [-0.2, 0) is 10.8 Å². The lowest BCUT2D eigenvalue weighted by molar-refractivity contribution is 0.435. The third-order valence-corrected chi connectivity index (χ3v) is 13.9. The minimum absolute atomic E-state index is 0.388. The second-order valence-electron chi connectivity index (χ2n) is 16.6. The third-order valence-electron chi connectivity index (χ3n) is 13.9. The first-order chi connectivity index (χ1) is 30.3. The molecule has 0 N–H and O–H groups in total. The highest BCUT2D eigenvalue weighted by Gasteiger charge is 2.51. The van der Waals surface area contributed by atoms with E-state index in [1.165, 1.54) is 83.1 Å². The fraction of sp³-hybridized carbons (Fsp3) is 0.0333. The lowest BCUT2D eigenvalue weighted by Crippen LogP contribution is -2.34. The van der Waals surface area contributed by atoms with Gasteiger partial charge in [-0.15, -0.1) is 0 Å². The SMILES string of the molecule is c1ccc(C2(c3ccccc3)c3ccccc3Oc3cc(-c4ccc(-c5ccc6c(c5)C5(c7ccccc7-c7ccccc75)c5ccccc5-6)c5ccccc45)ccc32)cc1. The van der Waals surface area contributed by atoms with Gasteiger partial charge in [0.25, 0.3) is 0 Å². The molecule has 0 amide bonds. The highest BCUT2D eigenvalue weighted by molar-refractivity contribution is 6.06. The first-order valence-corrected chi connectivity index (χ1v) is 21.3. The molecular formula is C60H38O. The molecule has 0 saturated heterocycles. The molecular weight excluding hydrogens is 737 g/mol. The molecule has 0 aromatic heterocycles. The molecule has 1 spiro atoms. The summed E-state index contributed by atoms with van der Waals surface area (Å²) in [6.07, 6.45) is 0. The number of hydrogen-bond donors (Lipinski definition) is 0. The zero-order valence-electron chi connectivity index (χ0n) is 33.3. The van der Waals surface area contributed by atoms with Crippen molar-refractivity contribution in [2.24, 2.45) is 0 Å². The van der Waals surface area contributed by atoms with Crippen molar-refractivity contribution in [2.45, 2.75) is 10.8 Å². The van der Waals surface area contributed by atoms with Crippen molar-refractivity contribution in [3.63, 3.8) is 0 Å². The maximum Gasteiger partial charge on any atom is 0.132 e. The second-order valence-corrected chi connectivity index (χ2v) is 16.6. The molecule has 3 aliphatic rings. The van der Waals surface area contributed by atoms with Gasteiger partial charge in [-0.05, 0) is 107 Å². The fourth-order valence-electron chi connectivity index (χ4n) is 11.4. The van der Waals surface area contributed by atoms with Crippen LogP contribution in [0.15, 0.2) is 231 Å². The first-order valence-electron chi connectivity index (χ1n) is 21.3. The van der Waals surface area contributed by atoms with Gasteiger partial charge < -0.3 is 4.74 Å². The minimum Gasteiger partial charge on any atom is -0.457 e. The van der Waals surface area contributed by atoms with Crippen molar-refractivity contribution in [3.05, 3.63) is 275 Å². The van der Waals surface area contributed by atoms with E-state index >= 15 is 0 Å². The van der Waals surface area contributed by atoms with Crippen molar-refractivity contribution in [1.29, 1.82) is 0 Å². The molecule has 61 heavy (non-hydrogen) atoms. The minimum atomic E-state index is -0.553. The normalized spacial score (nSPS) is 14.3. The van der Waals surface area contributed by atoms with Gasteiger partial charge in [-0.1, -0.05) is 212 Å². The van der Waals surface area contributed by atoms with Gasteiger partial charge >= 0.3 is 0 Å². The van der Waals surface area contributed by atoms with Crippen molar-refractivity contribution in [3.8, 4) is 56.0 Å². The topological polar surface area (TPSA) is 9.23 Å². The standard InChI is InChI=1S/C60H38O/c1-3-17-41(18-4-1)59(42-19-5-2-6-20-42)54-29-15-16-30-57(54)61-58-38-40(32-36-55(58)59)44-35-34-43(45-21-7-8-22-46(44)45)39-31-33-50-49-25-11-14-28-53(49)60(56(50)37-39)51-26-12-9-23-47(51)48-24-10-13-27-52(48)60/h1-38H. The lowest BCUT2D eigenvalue weighted by atomic mass is 9.63. The van der Waals surface area contributed by atoms with Gasteiger partial charge in [0, 0.05) is 11.1 Å². The summed E-state index contributed by atoms with van der Waals surface area (Å²) < 4.78 is 6.91. The number of fused-ring (bicyclic) bond motifs is 13. The zero-order valence-corrected chi connectivity index (χ0v) is 33.3. The molecule has 0 atom stereocenters. The van der Waals surface area contributed by atoms with Gasteiger partial charge in [0.05, 0.1) is 10.8 Å². The van der Waals surface area contributed by atoms with Crippen molar-refractivity contribution < 1.29 is 4.74 Å². The Morgan fingerprint density at radius 2 is 0.656 bits per heavy atom. The number of benzene rings is 10. The van der Waals surface area contributed by atoms with Gasteiger partial charge in [-0.25, -0.2) is 0 Å². The van der Waals surface area contributed by atoms with Crippen LogP contribution < -0.4 is 4.74 Å². The number of ether oxygens (including phenoxy) is 1. The molecule has 0 saturated carbocycles. The van der Waals surface area contributed by atoms with Crippen LogP contribution in [0.4, 0.5) is 0 Å². The van der Waals surface area contributed by atoms with Gasteiger partial charge in [-0.3, -0.25) is 0 Å². The zero-order chi connectivity index (χ0) is 40.1. The van der Waals surface area contributed by atoms with E-state index in [0.29, 0.717) is 0 Å². The van der Waals surface area contributed by atoms with Crippen LogP contribution in [0.3, 0.4) is 0 Å². The molecule has 284 valence electrons. The van der Waals surface area contributed by atoms with Crippen LogP contribution in [0, 0.1) is 0 Å². The molecule has 1 nitrogen and oxygen atoms in total. The van der Waals surface area contributed by atoms with E-state index in [1.54, 1.807) is 0 Å². The molecule has 10 aromatic rings. The summed E-state index contributed by atoms with van der Waals surface area (Å²) in [5.74, 6) is 1.75. The van der Waals surface area contributed by atoms with E-state index in [1.807, 2.05) is 0 Å². The Morgan fingerprint density at radius 3 is 1.23 bits per heavy atom. The van der Waals surface area contributed by atoms with Crippen LogP contribution in [0.5, 0.6) is 11.5 Å². The van der Waals surface area contributed by atoms with E-state index in [9.17, 15) is 0 Å². The smallest absolute Gasteiger partial charge is 0.132 e. The first kappa shape index (κ1) is 34.2. The van der Waals surface area contributed by atoms with Crippen LogP contribution in [-0.4, -0.2) is 0 Å². The van der Waals surface area contributed by atoms with Crippen LogP contribution >= 0.6 is 0 Å². The molecule has 0 bridgehead atoms. The largest absolute Gasteiger partial charge is 0.457 e. The van der Waals surface area contributed by atoms with E-state index in [-0.39, 0.29) is 5.41 Å². The molecule has 1 aliphatic heterocycles. The van der Waals surface area contributed by atoms with Gasteiger partial charge in [0.2, 0.25) is 0 Å². The van der Waals surface area contributed by atoms with Crippen molar-refractivity contribution >= 4 is 10.8 Å². The summed E-state index contributed by atoms with van der Waals surface area (Å²) in [7, 11) is 0. The van der Waals surface area contributed by atoms with E-state index < -0.39 is 5.41 Å². The fourth-order valence-corrected chi connectivity index (χ4v) is 11.4. The number of hydrogen-bond acceptors (Lipinski definition) is 1. The summed E-state index contributed by atoms with van der Waals surface area (Å²) in [5.41, 5.74) is 19.2. The van der Waals surface area contributed by atoms with E-state index in [2.05, 4.69) is 231 Å². The average molecular weight is 775 g/mol. The molecule has 1 heteroatoms. The van der Waals surface area contributed by atoms with Crippen LogP contribution in [0.2, 0.25) is 0 Å².